The first-order valence-corrected chi connectivity index (χ1v) is 9.92. The van der Waals surface area contributed by atoms with Crippen LogP contribution in [0.4, 0.5) is 5.69 Å². The lowest BCUT2D eigenvalue weighted by atomic mass is 10.0. The number of piperazine rings is 1. The Balaban J connectivity index is 1.57. The highest BCUT2D eigenvalue weighted by atomic mass is 16.5. The number of aromatic amines is 1. The van der Waals surface area contributed by atoms with E-state index in [9.17, 15) is 9.90 Å². The second kappa shape index (κ2) is 7.79. The highest BCUT2D eigenvalue weighted by Crippen LogP contribution is 2.32. The van der Waals surface area contributed by atoms with Crippen molar-refractivity contribution in [1.82, 2.24) is 9.88 Å². The van der Waals surface area contributed by atoms with Crippen molar-refractivity contribution in [2.45, 2.75) is 19.9 Å². The highest BCUT2D eigenvalue weighted by molar-refractivity contribution is 5.90. The Morgan fingerprint density at radius 1 is 1.10 bits per heavy atom. The lowest BCUT2D eigenvalue weighted by Crippen LogP contribution is -2.49. The topological polar surface area (TPSA) is 68.8 Å². The largest absolute Gasteiger partial charge is 0.497 e. The molecule has 0 radical (unpaired) electrons. The first-order valence-electron chi connectivity index (χ1n) is 9.92. The van der Waals surface area contributed by atoms with Gasteiger partial charge in [0.15, 0.2) is 0 Å². The summed E-state index contributed by atoms with van der Waals surface area (Å²) in [5, 5.41) is 10.9. The third-order valence-corrected chi connectivity index (χ3v) is 5.82. The zero-order chi connectivity index (χ0) is 20.5. The molecule has 2 aromatic carbocycles. The van der Waals surface area contributed by atoms with Gasteiger partial charge in [0, 0.05) is 54.5 Å². The van der Waals surface area contributed by atoms with Crippen LogP contribution < -0.4 is 9.64 Å². The predicted octanol–water partition coefficient (Wildman–Crippen LogP) is 3.74. The van der Waals surface area contributed by atoms with E-state index in [1.807, 2.05) is 24.4 Å². The number of nitrogens with zero attached hydrogens (tertiary/aromatic N) is 2. The molecule has 0 bridgehead atoms. The molecule has 6 heteroatoms. The number of methoxy groups -OCH3 is 1. The average Bonchev–Trinajstić information content (AvgIpc) is 3.11. The molecule has 0 saturated carbocycles. The number of aliphatic carboxylic acids is 1. The first-order chi connectivity index (χ1) is 14.0. The Hall–Kier alpha value is -2.99. The van der Waals surface area contributed by atoms with Gasteiger partial charge in [0.25, 0.3) is 0 Å². The Bertz CT molecular complexity index is 1040. The summed E-state index contributed by atoms with van der Waals surface area (Å²) < 4.78 is 5.33. The molecule has 3 aromatic rings. The van der Waals surface area contributed by atoms with Crippen molar-refractivity contribution in [2.24, 2.45) is 0 Å². The van der Waals surface area contributed by atoms with Gasteiger partial charge >= 0.3 is 5.97 Å². The minimum atomic E-state index is -0.825. The van der Waals surface area contributed by atoms with E-state index in [0.29, 0.717) is 13.1 Å². The second-order valence-corrected chi connectivity index (χ2v) is 7.71. The number of carboxylic acids is 1. The molecule has 1 aromatic heterocycles. The number of hydrogen-bond donors (Lipinski definition) is 2. The van der Waals surface area contributed by atoms with Gasteiger partial charge in [0.1, 0.15) is 11.8 Å². The summed E-state index contributed by atoms with van der Waals surface area (Å²) in [4.78, 5) is 19.9. The van der Waals surface area contributed by atoms with Crippen LogP contribution in [-0.4, -0.2) is 54.2 Å². The Morgan fingerprint density at radius 2 is 1.86 bits per heavy atom. The molecule has 2 heterocycles. The Morgan fingerprint density at radius 3 is 2.52 bits per heavy atom. The molecule has 6 nitrogen and oxygen atoms in total. The van der Waals surface area contributed by atoms with Crippen molar-refractivity contribution < 1.29 is 14.6 Å². The van der Waals surface area contributed by atoms with Crippen molar-refractivity contribution in [3.63, 3.8) is 0 Å². The van der Waals surface area contributed by atoms with Gasteiger partial charge in [-0.25, -0.2) is 0 Å². The molecule has 0 unspecified atom stereocenters. The van der Waals surface area contributed by atoms with E-state index in [-0.39, 0.29) is 0 Å². The number of H-pyrrole nitrogens is 1. The molecule has 0 spiro atoms. The molecule has 4 rings (SSSR count). The smallest absolute Gasteiger partial charge is 0.325 e. The van der Waals surface area contributed by atoms with E-state index in [4.69, 9.17) is 4.74 Å². The van der Waals surface area contributed by atoms with Crippen LogP contribution in [0.3, 0.4) is 0 Å². The number of aryl methyl sites for hydroxylation is 2. The summed E-state index contributed by atoms with van der Waals surface area (Å²) in [6.45, 7) is 7.23. The van der Waals surface area contributed by atoms with Crippen molar-refractivity contribution in [3.05, 3.63) is 59.3 Å². The highest BCUT2D eigenvalue weighted by Gasteiger charge is 2.32. The van der Waals surface area contributed by atoms with Gasteiger partial charge in [-0.05, 0) is 43.7 Å². The molecule has 152 valence electrons. The maximum Gasteiger partial charge on any atom is 0.325 e. The van der Waals surface area contributed by atoms with Gasteiger partial charge in [-0.1, -0.05) is 17.7 Å². The van der Waals surface area contributed by atoms with Crippen molar-refractivity contribution in [1.29, 1.82) is 0 Å². The number of ether oxygens (including phenoxy) is 1. The molecule has 1 aliphatic rings. The number of aromatic nitrogens is 1. The van der Waals surface area contributed by atoms with Crippen molar-refractivity contribution >= 4 is 22.6 Å². The number of hydrogen-bond acceptors (Lipinski definition) is 4. The number of anilines is 1. The van der Waals surface area contributed by atoms with Gasteiger partial charge in [0.05, 0.1) is 7.11 Å². The molecule has 1 saturated heterocycles. The van der Waals surface area contributed by atoms with Crippen molar-refractivity contribution in [2.75, 3.05) is 38.2 Å². The Kier molecular flexibility index (Phi) is 5.20. The molecule has 2 N–H and O–H groups in total. The number of carboxylic acid groups (broad SMARTS) is 1. The maximum absolute atomic E-state index is 12.2. The average molecular weight is 393 g/mol. The SMILES string of the molecule is COc1ccc2[nH]cc([C@@H](C(=O)O)N3CCN(c4ccc(C)cc4C)CC3)c2c1. The zero-order valence-electron chi connectivity index (χ0n) is 17.1. The third kappa shape index (κ3) is 3.68. The number of carbonyl (C=O) groups is 1. The van der Waals surface area contributed by atoms with Gasteiger partial charge in [-0.15, -0.1) is 0 Å². The van der Waals surface area contributed by atoms with Crippen LogP contribution in [0.15, 0.2) is 42.6 Å². The van der Waals surface area contributed by atoms with Crippen LogP contribution >= 0.6 is 0 Å². The number of benzene rings is 2. The minimum absolute atomic E-state index is 0.683. The summed E-state index contributed by atoms with van der Waals surface area (Å²) in [6.07, 6.45) is 1.82. The van der Waals surface area contributed by atoms with E-state index >= 15 is 0 Å². The van der Waals surface area contributed by atoms with Crippen molar-refractivity contribution in [3.8, 4) is 5.75 Å². The molecule has 0 amide bonds. The predicted molar refractivity (Wildman–Crippen MR) is 115 cm³/mol. The van der Waals surface area contributed by atoms with E-state index in [2.05, 4.69) is 46.8 Å². The van der Waals surface area contributed by atoms with E-state index in [1.54, 1.807) is 7.11 Å². The minimum Gasteiger partial charge on any atom is -0.497 e. The number of fused-ring (bicyclic) bond motifs is 1. The monoisotopic (exact) mass is 393 g/mol. The summed E-state index contributed by atoms with van der Waals surface area (Å²) in [6, 6.07) is 11.5. The lowest BCUT2D eigenvalue weighted by Gasteiger charge is -2.39. The quantitative estimate of drug-likeness (QED) is 0.691. The molecular weight excluding hydrogens is 366 g/mol. The van der Waals surface area contributed by atoms with Gasteiger partial charge < -0.3 is 19.7 Å². The molecular formula is C23H27N3O3. The van der Waals surface area contributed by atoms with E-state index < -0.39 is 12.0 Å². The van der Waals surface area contributed by atoms with Crippen LogP contribution in [0, 0.1) is 13.8 Å². The van der Waals surface area contributed by atoms with Crippen LogP contribution in [0.1, 0.15) is 22.7 Å². The normalized spacial score (nSPS) is 16.2. The van der Waals surface area contributed by atoms with Gasteiger partial charge in [-0.3, -0.25) is 9.69 Å². The van der Waals surface area contributed by atoms with E-state index in [1.165, 1.54) is 16.8 Å². The summed E-state index contributed by atoms with van der Waals surface area (Å²) >= 11 is 0. The van der Waals surface area contributed by atoms with E-state index in [0.717, 1.165) is 35.3 Å². The fourth-order valence-electron chi connectivity index (χ4n) is 4.34. The van der Waals surface area contributed by atoms with Crippen LogP contribution in [0.25, 0.3) is 10.9 Å². The fraction of sp³-hybridized carbons (Fsp3) is 0.348. The summed E-state index contributed by atoms with van der Waals surface area (Å²) in [5.74, 6) is -0.101. The Labute approximate surface area is 170 Å². The number of nitrogens with one attached hydrogen (secondary N) is 1. The summed E-state index contributed by atoms with van der Waals surface area (Å²) in [5.41, 5.74) is 5.45. The summed E-state index contributed by atoms with van der Waals surface area (Å²) in [7, 11) is 1.62. The molecule has 1 aliphatic heterocycles. The van der Waals surface area contributed by atoms with Crippen LogP contribution in [-0.2, 0) is 4.79 Å². The maximum atomic E-state index is 12.2. The molecule has 1 fully saturated rings. The first kappa shape index (κ1) is 19.3. The zero-order valence-corrected chi connectivity index (χ0v) is 17.1. The lowest BCUT2D eigenvalue weighted by molar-refractivity contribution is -0.143. The second-order valence-electron chi connectivity index (χ2n) is 7.71. The molecule has 29 heavy (non-hydrogen) atoms. The molecule has 1 atom stereocenters. The van der Waals surface area contributed by atoms with Gasteiger partial charge in [-0.2, -0.15) is 0 Å². The van der Waals surface area contributed by atoms with Crippen LogP contribution in [0.2, 0.25) is 0 Å². The fourth-order valence-corrected chi connectivity index (χ4v) is 4.34. The van der Waals surface area contributed by atoms with Gasteiger partial charge in [0.2, 0.25) is 0 Å². The third-order valence-electron chi connectivity index (χ3n) is 5.82. The number of rotatable bonds is 5. The van der Waals surface area contributed by atoms with Crippen LogP contribution in [0.5, 0.6) is 5.75 Å². The molecule has 0 aliphatic carbocycles. The standard InChI is InChI=1S/C23H27N3O3/c1-15-4-7-21(16(2)12-15)25-8-10-26(11-9-25)22(23(27)28)19-14-24-20-6-5-17(29-3)13-18(19)20/h4-7,12-14,22,24H,8-11H2,1-3H3,(H,27,28)/t22-/m0/s1.